The van der Waals surface area contributed by atoms with Crippen LogP contribution in [0.5, 0.6) is 0 Å². The maximum atomic E-state index is 12.9. The Balaban J connectivity index is 2.15. The van der Waals surface area contributed by atoms with E-state index in [2.05, 4.69) is 25.8 Å². The quantitative estimate of drug-likeness (QED) is 0.580. The van der Waals surface area contributed by atoms with Crippen LogP contribution < -0.4 is 4.72 Å². The third kappa shape index (κ3) is 4.69. The molecule has 162 valence electrons. The minimum Gasteiger partial charge on any atom is -0.268 e. The number of nitrogens with zero attached hydrogens (tertiary/aromatic N) is 2. The second-order valence-electron chi connectivity index (χ2n) is 7.17. The normalized spacial score (nSPS) is 12.6. The molecule has 0 saturated heterocycles. The fraction of sp³-hybridized carbons (Fsp3) is 0.526. The van der Waals surface area contributed by atoms with E-state index in [-0.39, 0.29) is 22.5 Å². The van der Waals surface area contributed by atoms with E-state index in [1.54, 1.807) is 13.8 Å². The molecule has 1 N–H and O–H groups in total. The number of nitrogens with one attached hydrogen (secondary N) is 1. The Labute approximate surface area is 177 Å². The van der Waals surface area contributed by atoms with E-state index in [4.69, 9.17) is 0 Å². The first-order valence-corrected chi connectivity index (χ1v) is 11.3. The van der Waals surface area contributed by atoms with Crippen LogP contribution in [-0.4, -0.2) is 24.7 Å². The van der Waals surface area contributed by atoms with Crippen molar-refractivity contribution >= 4 is 26.0 Å². The third-order valence-electron chi connectivity index (χ3n) is 5.44. The van der Waals surface area contributed by atoms with E-state index in [9.17, 15) is 21.6 Å². The zero-order chi connectivity index (χ0) is 22.3. The van der Waals surface area contributed by atoms with Crippen molar-refractivity contribution in [2.24, 2.45) is 0 Å². The van der Waals surface area contributed by atoms with Crippen molar-refractivity contribution in [2.75, 3.05) is 6.54 Å². The Hall–Kier alpha value is -1.39. The van der Waals surface area contributed by atoms with Crippen molar-refractivity contribution in [1.82, 2.24) is 14.5 Å². The van der Waals surface area contributed by atoms with Crippen molar-refractivity contribution in [3.05, 3.63) is 43.7 Å². The molecule has 0 aliphatic rings. The Morgan fingerprint density at radius 2 is 1.45 bits per heavy atom. The van der Waals surface area contributed by atoms with Crippen LogP contribution in [0.4, 0.5) is 13.2 Å². The smallest absolute Gasteiger partial charge is 0.268 e. The molecule has 2 rings (SSSR count). The third-order valence-corrected chi connectivity index (χ3v) is 8.12. The lowest BCUT2D eigenvalue weighted by molar-refractivity contribution is -0.142. The predicted molar refractivity (Wildman–Crippen MR) is 110 cm³/mol. The summed E-state index contributed by atoms with van der Waals surface area (Å²) in [5.74, 6) is 0. The number of alkyl halides is 3. The lowest BCUT2D eigenvalue weighted by Crippen LogP contribution is -2.28. The van der Waals surface area contributed by atoms with Gasteiger partial charge < -0.3 is 0 Å². The number of halogens is 4. The van der Waals surface area contributed by atoms with E-state index in [1.807, 2.05) is 20.8 Å². The molecular weight excluding hydrogens is 471 g/mol. The van der Waals surface area contributed by atoms with Crippen molar-refractivity contribution in [3.8, 4) is 0 Å². The second-order valence-corrected chi connectivity index (χ2v) is 9.67. The van der Waals surface area contributed by atoms with E-state index in [0.717, 1.165) is 16.7 Å². The van der Waals surface area contributed by atoms with E-state index in [0.29, 0.717) is 23.2 Å². The Morgan fingerprint density at radius 3 is 1.90 bits per heavy atom. The van der Waals surface area contributed by atoms with Gasteiger partial charge in [-0.15, -0.1) is 0 Å². The van der Waals surface area contributed by atoms with Gasteiger partial charge in [-0.05, 0) is 91.7 Å². The van der Waals surface area contributed by atoms with Crippen molar-refractivity contribution in [2.45, 2.75) is 65.6 Å². The van der Waals surface area contributed by atoms with Crippen LogP contribution in [0.3, 0.4) is 0 Å². The van der Waals surface area contributed by atoms with Gasteiger partial charge in [-0.1, -0.05) is 0 Å². The zero-order valence-corrected chi connectivity index (χ0v) is 19.7. The van der Waals surface area contributed by atoms with Gasteiger partial charge in [-0.2, -0.15) is 18.3 Å². The van der Waals surface area contributed by atoms with Crippen molar-refractivity contribution in [1.29, 1.82) is 0 Å². The summed E-state index contributed by atoms with van der Waals surface area (Å²) >= 11 is 2.93. The van der Waals surface area contributed by atoms with Crippen LogP contribution in [0.25, 0.3) is 0 Å². The fourth-order valence-electron chi connectivity index (χ4n) is 3.30. The molecule has 0 spiro atoms. The highest BCUT2D eigenvalue weighted by Gasteiger charge is 2.37. The van der Waals surface area contributed by atoms with Crippen molar-refractivity contribution < 1.29 is 21.6 Å². The van der Waals surface area contributed by atoms with Crippen LogP contribution >= 0.6 is 15.9 Å². The van der Waals surface area contributed by atoms with Gasteiger partial charge in [0.05, 0.1) is 15.1 Å². The van der Waals surface area contributed by atoms with Gasteiger partial charge in [-0.3, -0.25) is 4.68 Å². The summed E-state index contributed by atoms with van der Waals surface area (Å²) in [5.41, 5.74) is 3.72. The molecule has 0 atom stereocenters. The molecule has 0 aliphatic heterocycles. The molecule has 0 bridgehead atoms. The van der Waals surface area contributed by atoms with Gasteiger partial charge in [0.2, 0.25) is 10.0 Å². The van der Waals surface area contributed by atoms with Crippen LogP contribution in [0.15, 0.2) is 9.37 Å². The monoisotopic (exact) mass is 495 g/mol. The van der Waals surface area contributed by atoms with Crippen LogP contribution in [0, 0.1) is 41.5 Å². The lowest BCUT2D eigenvalue weighted by Gasteiger charge is -2.19. The second kappa shape index (κ2) is 8.39. The molecule has 0 aliphatic carbocycles. The number of aromatic nitrogens is 2. The summed E-state index contributed by atoms with van der Waals surface area (Å²) in [4.78, 5) is 0.274. The van der Waals surface area contributed by atoms with Crippen LogP contribution in [0.2, 0.25) is 0 Å². The highest BCUT2D eigenvalue weighted by atomic mass is 79.9. The molecule has 5 nitrogen and oxygen atoms in total. The summed E-state index contributed by atoms with van der Waals surface area (Å²) < 4.78 is 68.3. The van der Waals surface area contributed by atoms with Gasteiger partial charge >= 0.3 is 6.18 Å². The first kappa shape index (κ1) is 23.9. The minimum atomic E-state index is -4.55. The molecule has 10 heteroatoms. The number of hydrogen-bond donors (Lipinski definition) is 1. The maximum absolute atomic E-state index is 12.9. The number of benzene rings is 1. The summed E-state index contributed by atoms with van der Waals surface area (Å²) in [7, 11) is -3.74. The first-order chi connectivity index (χ1) is 13.2. The summed E-state index contributed by atoms with van der Waals surface area (Å²) in [6, 6.07) is 0. The molecule has 0 unspecified atom stereocenters. The number of aryl methyl sites for hydroxylation is 1. The first-order valence-electron chi connectivity index (χ1n) is 9.06. The Morgan fingerprint density at radius 1 is 0.966 bits per heavy atom. The topological polar surface area (TPSA) is 64.0 Å². The lowest BCUT2D eigenvalue weighted by atomic mass is 9.95. The molecular formula is C19H25BrF3N3O2S. The van der Waals surface area contributed by atoms with Crippen LogP contribution in [0.1, 0.15) is 45.6 Å². The minimum absolute atomic E-state index is 0.0887. The largest absolute Gasteiger partial charge is 0.436 e. The van der Waals surface area contributed by atoms with E-state index >= 15 is 0 Å². The fourth-order valence-corrected chi connectivity index (χ4v) is 5.48. The maximum Gasteiger partial charge on any atom is 0.436 e. The highest BCUT2D eigenvalue weighted by molar-refractivity contribution is 9.10. The Bertz CT molecular complexity index is 1020. The summed E-state index contributed by atoms with van der Waals surface area (Å²) in [6.07, 6.45) is -4.25. The summed E-state index contributed by atoms with van der Waals surface area (Å²) in [5, 5.41) is 3.60. The molecule has 0 fully saturated rings. The average Bonchev–Trinajstić information content (AvgIpc) is 2.90. The Kier molecular flexibility index (Phi) is 6.91. The molecule has 1 heterocycles. The molecule has 29 heavy (non-hydrogen) atoms. The average molecular weight is 496 g/mol. The van der Waals surface area contributed by atoms with Gasteiger partial charge in [0.15, 0.2) is 5.69 Å². The van der Waals surface area contributed by atoms with E-state index in [1.165, 1.54) is 11.6 Å². The number of rotatable bonds is 6. The predicted octanol–water partition coefficient (Wildman–Crippen LogP) is 4.88. The van der Waals surface area contributed by atoms with Gasteiger partial charge in [0, 0.05) is 13.1 Å². The van der Waals surface area contributed by atoms with Gasteiger partial charge in [0.1, 0.15) is 0 Å². The van der Waals surface area contributed by atoms with Gasteiger partial charge in [-0.25, -0.2) is 13.1 Å². The number of hydrogen-bond acceptors (Lipinski definition) is 3. The molecule has 2 aromatic rings. The molecule has 1 aromatic carbocycles. The van der Waals surface area contributed by atoms with E-state index < -0.39 is 21.9 Å². The highest BCUT2D eigenvalue weighted by Crippen LogP contribution is 2.35. The van der Waals surface area contributed by atoms with Crippen LogP contribution in [-0.2, 0) is 22.7 Å². The standard InChI is InChI=1S/C19H25BrF3N3O2S/c1-10-11(2)13(4)17(14(5)12(10)3)29(27,28)24-8-7-9-26-15(6)16(20)18(25-26)19(21,22)23/h24H,7-9H2,1-6H3. The number of sulfonamides is 1. The SMILES string of the molecule is Cc1c(C)c(C)c(S(=O)(=O)NCCCn2nc(C(F)(F)F)c(Br)c2C)c(C)c1C. The molecule has 0 saturated carbocycles. The molecule has 0 amide bonds. The van der Waals surface area contributed by atoms with Gasteiger partial charge in [0.25, 0.3) is 0 Å². The summed E-state index contributed by atoms with van der Waals surface area (Å²) in [6.45, 7) is 11.1. The zero-order valence-electron chi connectivity index (χ0n) is 17.3. The molecule has 1 aromatic heterocycles. The van der Waals surface area contributed by atoms with Crippen molar-refractivity contribution in [3.63, 3.8) is 0 Å². The molecule has 0 radical (unpaired) electrons.